The Morgan fingerprint density at radius 3 is 2.54 bits per heavy atom. The molecule has 0 N–H and O–H groups in total. The van der Waals surface area contributed by atoms with Crippen LogP contribution in [0.1, 0.15) is 19.3 Å². The highest BCUT2D eigenvalue weighted by Crippen LogP contribution is 2.32. The average molecular weight is 442 g/mol. The molecule has 0 bridgehead atoms. The van der Waals surface area contributed by atoms with Crippen LogP contribution < -0.4 is 10.5 Å². The molecule has 1 aliphatic carbocycles. The molecule has 28 heavy (non-hydrogen) atoms. The first-order valence-electron chi connectivity index (χ1n) is 9.22. The number of nitrogens with zero attached hydrogens (tertiary/aromatic N) is 4. The van der Waals surface area contributed by atoms with E-state index < -0.39 is 5.56 Å². The highest BCUT2D eigenvalue weighted by molar-refractivity contribution is 6.41. The molecule has 0 atom stereocenters. The van der Waals surface area contributed by atoms with Crippen LogP contribution in [0.4, 0.5) is 5.69 Å². The average Bonchev–Trinajstić information content (AvgIpc) is 3.53. The van der Waals surface area contributed by atoms with Gasteiger partial charge < -0.3 is 9.80 Å². The third kappa shape index (κ3) is 3.86. The summed E-state index contributed by atoms with van der Waals surface area (Å²) in [6, 6.07) is 5.33. The van der Waals surface area contributed by atoms with E-state index in [4.69, 9.17) is 34.8 Å². The van der Waals surface area contributed by atoms with Crippen molar-refractivity contribution in [3.05, 3.63) is 49.8 Å². The van der Waals surface area contributed by atoms with Gasteiger partial charge in [-0.3, -0.25) is 9.59 Å². The summed E-state index contributed by atoms with van der Waals surface area (Å²) in [5.41, 5.74) is 0.888. The smallest absolute Gasteiger partial charge is 0.291 e. The highest BCUT2D eigenvalue weighted by atomic mass is 35.5. The van der Waals surface area contributed by atoms with Crippen molar-refractivity contribution in [1.82, 2.24) is 14.7 Å². The lowest BCUT2D eigenvalue weighted by atomic mass is 10.2. The summed E-state index contributed by atoms with van der Waals surface area (Å²) in [5, 5.41) is 4.58. The number of carbonyl (C=O) groups is 1. The van der Waals surface area contributed by atoms with E-state index in [9.17, 15) is 9.59 Å². The molecule has 1 aromatic carbocycles. The first-order valence-corrected chi connectivity index (χ1v) is 10.4. The van der Waals surface area contributed by atoms with Gasteiger partial charge in [-0.05, 0) is 37.5 Å². The van der Waals surface area contributed by atoms with E-state index in [0.29, 0.717) is 17.3 Å². The van der Waals surface area contributed by atoms with Gasteiger partial charge in [0.2, 0.25) is 5.91 Å². The number of hydrogen-bond acceptors (Lipinski definition) is 4. The Morgan fingerprint density at radius 2 is 1.82 bits per heavy atom. The van der Waals surface area contributed by atoms with Gasteiger partial charge >= 0.3 is 0 Å². The van der Waals surface area contributed by atoms with Gasteiger partial charge in [-0.15, -0.1) is 0 Å². The zero-order valence-electron chi connectivity index (χ0n) is 15.1. The Bertz CT molecular complexity index is 974. The van der Waals surface area contributed by atoms with Crippen LogP contribution in [0.25, 0.3) is 5.69 Å². The second kappa shape index (κ2) is 7.93. The summed E-state index contributed by atoms with van der Waals surface area (Å²) >= 11 is 18.3. The molecule has 0 unspecified atom stereocenters. The lowest BCUT2D eigenvalue weighted by molar-refractivity contribution is -0.132. The SMILES string of the molecule is O=C(C1CC1)N1CCCN(c2ccc(-n3ncc(Cl)c(Cl)c3=O)cc2Cl)CC1. The number of carbonyl (C=O) groups excluding carboxylic acids is 1. The molecule has 2 aliphatic rings. The molecule has 1 saturated heterocycles. The molecule has 1 saturated carbocycles. The maximum absolute atomic E-state index is 12.3. The number of benzene rings is 1. The van der Waals surface area contributed by atoms with Crippen LogP contribution in [0.15, 0.2) is 29.2 Å². The van der Waals surface area contributed by atoms with E-state index in [1.54, 1.807) is 12.1 Å². The van der Waals surface area contributed by atoms with E-state index >= 15 is 0 Å². The molecule has 0 spiro atoms. The van der Waals surface area contributed by atoms with Crippen molar-refractivity contribution >= 4 is 46.4 Å². The Kier molecular flexibility index (Phi) is 5.54. The second-order valence-corrected chi connectivity index (χ2v) is 8.29. The Labute approximate surface area is 177 Å². The van der Waals surface area contributed by atoms with Gasteiger partial charge in [0.05, 0.1) is 27.6 Å². The molecule has 4 rings (SSSR count). The minimum Gasteiger partial charge on any atom is -0.368 e. The summed E-state index contributed by atoms with van der Waals surface area (Å²) in [4.78, 5) is 28.8. The highest BCUT2D eigenvalue weighted by Gasteiger charge is 2.34. The van der Waals surface area contributed by atoms with Crippen molar-refractivity contribution < 1.29 is 4.79 Å². The lowest BCUT2D eigenvalue weighted by Gasteiger charge is -2.25. The Hall–Kier alpha value is -1.76. The molecule has 9 heteroatoms. The van der Waals surface area contributed by atoms with E-state index in [0.717, 1.165) is 44.6 Å². The molecule has 2 aromatic rings. The molecule has 148 valence electrons. The van der Waals surface area contributed by atoms with E-state index in [1.807, 2.05) is 11.0 Å². The lowest BCUT2D eigenvalue weighted by Crippen LogP contribution is -2.36. The van der Waals surface area contributed by atoms with Gasteiger partial charge in [-0.2, -0.15) is 9.78 Å². The third-order valence-electron chi connectivity index (χ3n) is 5.13. The molecule has 6 nitrogen and oxygen atoms in total. The minimum atomic E-state index is -0.498. The zero-order chi connectivity index (χ0) is 19.8. The number of anilines is 1. The normalized spacial score (nSPS) is 17.5. The molecule has 2 fully saturated rings. The van der Waals surface area contributed by atoms with E-state index in [-0.39, 0.29) is 21.9 Å². The summed E-state index contributed by atoms with van der Waals surface area (Å²) in [6.07, 6.45) is 4.26. The Balaban J connectivity index is 1.54. The van der Waals surface area contributed by atoms with Crippen LogP contribution in [0.5, 0.6) is 0 Å². The van der Waals surface area contributed by atoms with E-state index in [1.165, 1.54) is 10.9 Å². The van der Waals surface area contributed by atoms with Gasteiger partial charge in [-0.1, -0.05) is 34.8 Å². The monoisotopic (exact) mass is 440 g/mol. The predicted octanol–water partition coefficient (Wildman–Crippen LogP) is 3.64. The van der Waals surface area contributed by atoms with Crippen molar-refractivity contribution in [3.8, 4) is 5.69 Å². The van der Waals surface area contributed by atoms with Crippen LogP contribution >= 0.6 is 34.8 Å². The standard InChI is InChI=1S/C19H19Cl3N4O2/c20-14-10-13(26-19(28)17(22)15(21)11-23-26)4-5-16(14)24-6-1-7-25(9-8-24)18(27)12-2-3-12/h4-5,10-12H,1-3,6-9H2. The van der Waals surface area contributed by atoms with Gasteiger partial charge in [0.1, 0.15) is 5.02 Å². The summed E-state index contributed by atoms with van der Waals surface area (Å²) in [5.74, 6) is 0.528. The van der Waals surface area contributed by atoms with Crippen molar-refractivity contribution in [2.75, 3.05) is 31.1 Å². The Morgan fingerprint density at radius 1 is 1.04 bits per heavy atom. The van der Waals surface area contributed by atoms with Gasteiger partial charge in [-0.25, -0.2) is 0 Å². The molecule has 0 radical (unpaired) electrons. The topological polar surface area (TPSA) is 58.4 Å². The fourth-order valence-electron chi connectivity index (χ4n) is 3.45. The summed E-state index contributed by atoms with van der Waals surface area (Å²) in [6.45, 7) is 3.02. The molecule has 1 aliphatic heterocycles. The fraction of sp³-hybridized carbons (Fsp3) is 0.421. The molecular formula is C19H19Cl3N4O2. The van der Waals surface area contributed by atoms with Crippen molar-refractivity contribution in [2.45, 2.75) is 19.3 Å². The van der Waals surface area contributed by atoms with Crippen molar-refractivity contribution in [2.24, 2.45) is 5.92 Å². The minimum absolute atomic E-state index is 0.0789. The van der Waals surface area contributed by atoms with Gasteiger partial charge in [0, 0.05) is 32.1 Å². The number of hydrogen-bond donors (Lipinski definition) is 0. The number of aromatic nitrogens is 2. The second-order valence-electron chi connectivity index (χ2n) is 7.10. The van der Waals surface area contributed by atoms with Gasteiger partial charge in [0.15, 0.2) is 0 Å². The quantitative estimate of drug-likeness (QED) is 0.730. The maximum atomic E-state index is 12.3. The fourth-order valence-corrected chi connectivity index (χ4v) is 4.00. The number of halogens is 3. The first kappa shape index (κ1) is 19.6. The summed E-state index contributed by atoms with van der Waals surface area (Å²) < 4.78 is 1.17. The number of rotatable bonds is 3. The van der Waals surface area contributed by atoms with E-state index in [2.05, 4.69) is 10.00 Å². The predicted molar refractivity (Wildman–Crippen MR) is 111 cm³/mol. The van der Waals surface area contributed by atoms with Crippen LogP contribution in [0.2, 0.25) is 15.1 Å². The first-order chi connectivity index (χ1) is 13.5. The maximum Gasteiger partial charge on any atom is 0.291 e. The van der Waals surface area contributed by atoms with Crippen molar-refractivity contribution in [1.29, 1.82) is 0 Å². The van der Waals surface area contributed by atoms with Crippen LogP contribution in [-0.2, 0) is 4.79 Å². The summed E-state index contributed by atoms with van der Waals surface area (Å²) in [7, 11) is 0. The van der Waals surface area contributed by atoms with Crippen LogP contribution in [-0.4, -0.2) is 46.8 Å². The molecular weight excluding hydrogens is 423 g/mol. The van der Waals surface area contributed by atoms with Gasteiger partial charge in [0.25, 0.3) is 5.56 Å². The third-order valence-corrected chi connectivity index (χ3v) is 6.18. The van der Waals surface area contributed by atoms with Crippen LogP contribution in [0, 0.1) is 5.92 Å². The van der Waals surface area contributed by atoms with Crippen molar-refractivity contribution in [3.63, 3.8) is 0 Å². The largest absolute Gasteiger partial charge is 0.368 e. The zero-order valence-corrected chi connectivity index (χ0v) is 17.3. The molecule has 1 amide bonds. The number of amides is 1. The molecule has 2 heterocycles. The molecule has 1 aromatic heterocycles. The van der Waals surface area contributed by atoms with Crippen LogP contribution in [0.3, 0.4) is 0 Å².